The fourth-order valence-corrected chi connectivity index (χ4v) is 5.23. The minimum atomic E-state index is -0.726. The number of halogens is 2. The molecule has 5 rings (SSSR count). The highest BCUT2D eigenvalue weighted by molar-refractivity contribution is 5.91. The first-order valence-corrected chi connectivity index (χ1v) is 9.60. The Morgan fingerprint density at radius 3 is 2.55 bits per heavy atom. The van der Waals surface area contributed by atoms with Crippen molar-refractivity contribution in [3.8, 4) is 5.75 Å². The van der Waals surface area contributed by atoms with Crippen molar-refractivity contribution in [1.82, 2.24) is 9.24 Å². The van der Waals surface area contributed by atoms with Crippen molar-refractivity contribution in [3.63, 3.8) is 0 Å². The van der Waals surface area contributed by atoms with Crippen LogP contribution in [0.5, 0.6) is 5.75 Å². The number of hydrogen-bond acceptors (Lipinski definition) is 6. The van der Waals surface area contributed by atoms with Gasteiger partial charge in [0.25, 0.3) is 5.56 Å². The molecule has 158 valence electrons. The number of benzene rings is 1. The second-order valence-corrected chi connectivity index (χ2v) is 8.70. The van der Waals surface area contributed by atoms with Gasteiger partial charge in [-0.05, 0) is 36.7 Å². The number of fused-ring (bicyclic) bond motifs is 2. The molecule has 0 amide bonds. The van der Waals surface area contributed by atoms with Crippen molar-refractivity contribution in [2.45, 2.75) is 38.3 Å². The first-order valence-electron chi connectivity index (χ1n) is 9.60. The van der Waals surface area contributed by atoms with Crippen LogP contribution < -0.4 is 32.5 Å². The highest BCUT2D eigenvalue weighted by atomic mass is 35.5. The van der Waals surface area contributed by atoms with E-state index in [2.05, 4.69) is 6.92 Å². The average Bonchev–Trinajstić information content (AvgIpc) is 3.44. The van der Waals surface area contributed by atoms with Crippen molar-refractivity contribution in [2.75, 3.05) is 30.9 Å². The fourth-order valence-electron chi connectivity index (χ4n) is 5.23. The lowest BCUT2D eigenvalue weighted by Crippen LogP contribution is -2.53. The lowest BCUT2D eigenvalue weighted by molar-refractivity contribution is 0.0771. The standard InChI is InChI=1S/C19H24FN5O3.ClH/c1-19-6-13(21)11(19)7-23(8-19)15-12(20)5-10-14(16(15)28-2)24(9-3-4-9)18(27)25(22)17(10)26;/h5,9,11,13H,3-4,6-8,21-22H2,1-2H3;1H. The van der Waals surface area contributed by atoms with Crippen LogP contribution in [0, 0.1) is 17.2 Å². The highest BCUT2D eigenvalue weighted by Crippen LogP contribution is 2.53. The monoisotopic (exact) mass is 425 g/mol. The Hall–Kier alpha value is -2.26. The zero-order valence-electron chi connectivity index (χ0n) is 16.4. The summed E-state index contributed by atoms with van der Waals surface area (Å²) in [6.07, 6.45) is 2.51. The Morgan fingerprint density at radius 1 is 1.31 bits per heavy atom. The number of nitrogen functional groups attached to an aromatic ring is 1. The number of methoxy groups -OCH3 is 1. The number of ether oxygens (including phenoxy) is 1. The molecule has 1 aromatic heterocycles. The van der Waals surface area contributed by atoms with Crippen LogP contribution in [0.4, 0.5) is 10.1 Å². The molecule has 0 bridgehead atoms. The molecule has 2 saturated carbocycles. The largest absolute Gasteiger partial charge is 0.492 e. The summed E-state index contributed by atoms with van der Waals surface area (Å²) in [6, 6.07) is 1.23. The number of anilines is 1. The smallest absolute Gasteiger partial charge is 0.350 e. The van der Waals surface area contributed by atoms with E-state index >= 15 is 4.39 Å². The van der Waals surface area contributed by atoms with Crippen molar-refractivity contribution in [1.29, 1.82) is 0 Å². The summed E-state index contributed by atoms with van der Waals surface area (Å²) in [7, 11) is 1.44. The van der Waals surface area contributed by atoms with Crippen LogP contribution >= 0.6 is 12.4 Å². The van der Waals surface area contributed by atoms with Gasteiger partial charge in [-0.3, -0.25) is 9.36 Å². The van der Waals surface area contributed by atoms with Gasteiger partial charge in [-0.15, -0.1) is 12.4 Å². The van der Waals surface area contributed by atoms with Gasteiger partial charge in [0, 0.05) is 25.2 Å². The van der Waals surface area contributed by atoms with Crippen LogP contribution in [0.1, 0.15) is 32.2 Å². The first-order chi connectivity index (χ1) is 13.3. The first kappa shape index (κ1) is 20.0. The number of rotatable bonds is 3. The van der Waals surface area contributed by atoms with Gasteiger partial charge < -0.3 is 21.2 Å². The van der Waals surface area contributed by atoms with Crippen LogP contribution in [-0.2, 0) is 0 Å². The summed E-state index contributed by atoms with van der Waals surface area (Å²) in [5.41, 5.74) is 5.49. The molecule has 8 nitrogen and oxygen atoms in total. The third-order valence-electron chi connectivity index (χ3n) is 6.80. The Balaban J connectivity index is 0.00000205. The summed E-state index contributed by atoms with van der Waals surface area (Å²) in [5, 5.41) is 0.0529. The molecule has 3 aliphatic rings. The molecular formula is C19H25ClFN5O3. The van der Waals surface area contributed by atoms with Gasteiger partial charge in [-0.25, -0.2) is 9.18 Å². The summed E-state index contributed by atoms with van der Waals surface area (Å²) in [5.74, 6) is 5.63. The van der Waals surface area contributed by atoms with E-state index in [9.17, 15) is 9.59 Å². The molecule has 2 heterocycles. The van der Waals surface area contributed by atoms with Crippen molar-refractivity contribution < 1.29 is 9.13 Å². The maximum Gasteiger partial charge on any atom is 0.350 e. The quantitative estimate of drug-likeness (QED) is 0.709. The zero-order valence-corrected chi connectivity index (χ0v) is 17.2. The van der Waals surface area contributed by atoms with Crippen molar-refractivity contribution in [2.24, 2.45) is 17.1 Å². The molecule has 29 heavy (non-hydrogen) atoms. The van der Waals surface area contributed by atoms with Crippen LogP contribution in [0.2, 0.25) is 0 Å². The summed E-state index contributed by atoms with van der Waals surface area (Å²) in [4.78, 5) is 27.2. The Labute approximate surface area is 172 Å². The van der Waals surface area contributed by atoms with Crippen LogP contribution in [-0.4, -0.2) is 35.5 Å². The van der Waals surface area contributed by atoms with E-state index in [0.29, 0.717) is 29.0 Å². The Morgan fingerprint density at radius 2 is 2.00 bits per heavy atom. The molecule has 3 atom stereocenters. The third-order valence-corrected chi connectivity index (χ3v) is 6.80. The van der Waals surface area contributed by atoms with Gasteiger partial charge in [0.05, 0.1) is 12.5 Å². The van der Waals surface area contributed by atoms with Gasteiger partial charge in [0.2, 0.25) is 0 Å². The SMILES string of the molecule is COc1c(N2CC3C(N)CC3(C)C2)c(F)cc2c(=O)n(N)c(=O)n(C3CC3)c12.Cl. The van der Waals surface area contributed by atoms with E-state index in [4.69, 9.17) is 16.3 Å². The molecule has 0 spiro atoms. The molecule has 3 fully saturated rings. The molecule has 2 aromatic rings. The topological polar surface area (TPSA) is 109 Å². The summed E-state index contributed by atoms with van der Waals surface area (Å²) < 4.78 is 22.9. The third kappa shape index (κ3) is 2.60. The summed E-state index contributed by atoms with van der Waals surface area (Å²) >= 11 is 0. The van der Waals surface area contributed by atoms with E-state index in [1.54, 1.807) is 0 Å². The Kier molecular flexibility index (Phi) is 4.40. The van der Waals surface area contributed by atoms with E-state index in [-0.39, 0.29) is 47.0 Å². The fraction of sp³-hybridized carbons (Fsp3) is 0.579. The second kappa shape index (κ2) is 6.37. The molecule has 10 heteroatoms. The number of hydrogen-bond donors (Lipinski definition) is 2. The zero-order chi connectivity index (χ0) is 20.0. The molecule has 1 saturated heterocycles. The number of aromatic nitrogens is 2. The van der Waals surface area contributed by atoms with Gasteiger partial charge in [-0.1, -0.05) is 6.92 Å². The van der Waals surface area contributed by atoms with E-state index < -0.39 is 17.1 Å². The molecule has 4 N–H and O–H groups in total. The number of nitrogens with two attached hydrogens (primary N) is 2. The summed E-state index contributed by atoms with van der Waals surface area (Å²) in [6.45, 7) is 3.45. The molecule has 1 aliphatic heterocycles. The second-order valence-electron chi connectivity index (χ2n) is 8.70. The van der Waals surface area contributed by atoms with E-state index in [1.165, 1.54) is 17.7 Å². The minimum absolute atomic E-state index is 0. The lowest BCUT2D eigenvalue weighted by Gasteiger charge is -2.46. The van der Waals surface area contributed by atoms with E-state index in [0.717, 1.165) is 19.3 Å². The average molecular weight is 426 g/mol. The molecule has 0 radical (unpaired) electrons. The number of nitrogens with zero attached hydrogens (tertiary/aromatic N) is 3. The lowest BCUT2D eigenvalue weighted by atomic mass is 9.60. The normalized spacial score (nSPS) is 28.1. The van der Waals surface area contributed by atoms with Crippen LogP contribution in [0.25, 0.3) is 10.9 Å². The van der Waals surface area contributed by atoms with Gasteiger partial charge in [0.1, 0.15) is 11.2 Å². The maximum atomic E-state index is 15.2. The predicted octanol–water partition coefficient (Wildman–Crippen LogP) is 0.955. The molecule has 2 aliphatic carbocycles. The maximum absolute atomic E-state index is 15.2. The van der Waals surface area contributed by atoms with Gasteiger partial charge in [0.15, 0.2) is 11.6 Å². The van der Waals surface area contributed by atoms with Crippen LogP contribution in [0.3, 0.4) is 0 Å². The van der Waals surface area contributed by atoms with Gasteiger partial charge >= 0.3 is 5.69 Å². The van der Waals surface area contributed by atoms with Crippen molar-refractivity contribution >= 4 is 29.0 Å². The predicted molar refractivity (Wildman–Crippen MR) is 111 cm³/mol. The van der Waals surface area contributed by atoms with Crippen molar-refractivity contribution in [3.05, 3.63) is 32.7 Å². The molecular weight excluding hydrogens is 401 g/mol. The Bertz CT molecular complexity index is 1130. The van der Waals surface area contributed by atoms with E-state index in [1.807, 2.05) is 4.90 Å². The van der Waals surface area contributed by atoms with Gasteiger partial charge in [-0.2, -0.15) is 4.68 Å². The molecule has 1 aromatic carbocycles. The highest BCUT2D eigenvalue weighted by Gasteiger charge is 2.55. The van der Waals surface area contributed by atoms with Crippen LogP contribution in [0.15, 0.2) is 15.7 Å². The minimum Gasteiger partial charge on any atom is -0.492 e. The molecule has 3 unspecified atom stereocenters.